The molecule has 106 valence electrons. The van der Waals surface area contributed by atoms with Crippen molar-refractivity contribution in [1.29, 1.82) is 0 Å². The van der Waals surface area contributed by atoms with Gasteiger partial charge in [0.05, 0.1) is 0 Å². The average Bonchev–Trinajstić information content (AvgIpc) is 2.88. The monoisotopic (exact) mass is 347 g/mol. The van der Waals surface area contributed by atoms with E-state index in [1.807, 2.05) is 0 Å². The van der Waals surface area contributed by atoms with Crippen LogP contribution in [0.15, 0.2) is 84.9 Å². The summed E-state index contributed by atoms with van der Waals surface area (Å²) in [6.45, 7) is 0. The molecule has 3 aromatic carbocycles. The Balaban J connectivity index is 1.87. The van der Waals surface area contributed by atoms with E-state index in [0.29, 0.717) is 5.82 Å². The van der Waals surface area contributed by atoms with E-state index in [9.17, 15) is 0 Å². The molecular weight excluding hydrogens is 333 g/mol. The maximum absolute atomic E-state index is 3.95. The molecule has 4 rings (SSSR count). The molecular formula is C19H15BBrN. The van der Waals surface area contributed by atoms with Crippen molar-refractivity contribution in [2.24, 2.45) is 0 Å². The van der Waals surface area contributed by atoms with Gasteiger partial charge < -0.3 is 4.81 Å². The number of halogens is 1. The molecule has 1 aliphatic heterocycles. The summed E-state index contributed by atoms with van der Waals surface area (Å²) >= 11 is 3.95. The van der Waals surface area contributed by atoms with E-state index in [-0.39, 0.29) is 5.67 Å². The molecule has 0 aromatic heterocycles. The van der Waals surface area contributed by atoms with E-state index in [1.165, 1.54) is 22.5 Å². The zero-order valence-electron chi connectivity index (χ0n) is 12.1. The number of benzene rings is 3. The van der Waals surface area contributed by atoms with Crippen LogP contribution in [0.1, 0.15) is 16.9 Å². The number of nitrogens with zero attached hydrogens (tertiary/aromatic N) is 1. The fourth-order valence-electron chi connectivity index (χ4n) is 3.27. The Kier molecular flexibility index (Phi) is 3.51. The lowest BCUT2D eigenvalue weighted by Crippen LogP contribution is -2.30. The number of para-hydroxylation sites is 2. The number of hydrogen-bond donors (Lipinski definition) is 0. The zero-order chi connectivity index (χ0) is 14.9. The smallest absolute Gasteiger partial charge is 0.349 e. The van der Waals surface area contributed by atoms with E-state index in [4.69, 9.17) is 0 Å². The molecule has 0 bridgehead atoms. The molecule has 0 saturated carbocycles. The largest absolute Gasteiger partial charge is 0.374 e. The highest BCUT2D eigenvalue weighted by atomic mass is 79.9. The van der Waals surface area contributed by atoms with Crippen molar-refractivity contribution in [2.75, 3.05) is 4.81 Å². The van der Waals surface area contributed by atoms with Crippen LogP contribution in [0.5, 0.6) is 0 Å². The van der Waals surface area contributed by atoms with E-state index >= 15 is 0 Å². The average molecular weight is 348 g/mol. The highest BCUT2D eigenvalue weighted by Crippen LogP contribution is 2.47. The maximum Gasteiger partial charge on any atom is 0.349 e. The summed E-state index contributed by atoms with van der Waals surface area (Å²) in [5, 5.41) is 0. The second-order valence-electron chi connectivity index (χ2n) is 5.53. The molecule has 0 saturated heterocycles. The van der Waals surface area contributed by atoms with Gasteiger partial charge in [-0.3, -0.25) is 0 Å². The minimum absolute atomic E-state index is 0.217. The number of hydrogen-bond acceptors (Lipinski definition) is 1. The van der Waals surface area contributed by atoms with Crippen molar-refractivity contribution >= 4 is 32.8 Å². The summed E-state index contributed by atoms with van der Waals surface area (Å²) in [7, 11) is 0. The highest BCUT2D eigenvalue weighted by Gasteiger charge is 2.41. The summed E-state index contributed by atoms with van der Waals surface area (Å²) in [4.78, 5) is 2.38. The summed E-state index contributed by atoms with van der Waals surface area (Å²) < 4.78 is 0. The summed E-state index contributed by atoms with van der Waals surface area (Å²) in [6.07, 6.45) is 0. The van der Waals surface area contributed by atoms with Crippen LogP contribution < -0.4 is 4.81 Å². The standard InChI is InChI=1S/C19H15BBrN/c21-20-19(15-9-3-1-4-10-15)17-13-7-8-14-18(17)22(20)16-11-5-2-6-12-16/h1-14,19H. The van der Waals surface area contributed by atoms with Gasteiger partial charge in [-0.2, -0.15) is 0 Å². The Labute approximate surface area is 139 Å². The van der Waals surface area contributed by atoms with E-state index < -0.39 is 0 Å². The molecule has 0 fully saturated rings. The third kappa shape index (κ3) is 2.17. The first-order valence-electron chi connectivity index (χ1n) is 7.48. The Morgan fingerprint density at radius 2 is 1.32 bits per heavy atom. The van der Waals surface area contributed by atoms with Crippen LogP contribution in [0.2, 0.25) is 0 Å². The minimum Gasteiger partial charge on any atom is -0.374 e. The first-order chi connectivity index (χ1) is 10.9. The van der Waals surface area contributed by atoms with Gasteiger partial charge in [0.1, 0.15) is 0 Å². The van der Waals surface area contributed by atoms with Crippen molar-refractivity contribution in [3.8, 4) is 0 Å². The van der Waals surface area contributed by atoms with Gasteiger partial charge in [-0.15, -0.1) is 15.8 Å². The van der Waals surface area contributed by atoms with Gasteiger partial charge in [0.25, 0.3) is 0 Å². The minimum atomic E-state index is 0.217. The lowest BCUT2D eigenvalue weighted by molar-refractivity contribution is 1.15. The molecule has 1 atom stereocenters. The molecule has 0 radical (unpaired) electrons. The Hall–Kier alpha value is -2.00. The van der Waals surface area contributed by atoms with Crippen LogP contribution in [-0.2, 0) is 0 Å². The topological polar surface area (TPSA) is 3.24 Å². The van der Waals surface area contributed by atoms with E-state index in [2.05, 4.69) is 105 Å². The molecule has 1 aliphatic rings. The fourth-order valence-corrected chi connectivity index (χ4v) is 4.32. The predicted molar refractivity (Wildman–Crippen MR) is 98.0 cm³/mol. The van der Waals surface area contributed by atoms with Crippen molar-refractivity contribution in [3.05, 3.63) is 96.1 Å². The third-order valence-electron chi connectivity index (χ3n) is 4.25. The SMILES string of the molecule is BrB1C(c2ccccc2)c2ccccc2N1c1ccccc1. The van der Waals surface area contributed by atoms with Gasteiger partial charge in [-0.05, 0) is 29.3 Å². The van der Waals surface area contributed by atoms with Crippen LogP contribution in [0.25, 0.3) is 0 Å². The maximum atomic E-state index is 3.95. The van der Waals surface area contributed by atoms with Gasteiger partial charge >= 0.3 is 5.67 Å². The normalized spacial score (nSPS) is 16.7. The molecule has 22 heavy (non-hydrogen) atoms. The summed E-state index contributed by atoms with van der Waals surface area (Å²) in [5.74, 6) is 0.331. The van der Waals surface area contributed by atoms with Gasteiger partial charge in [0.15, 0.2) is 0 Å². The van der Waals surface area contributed by atoms with Crippen LogP contribution in [0.3, 0.4) is 0 Å². The summed E-state index contributed by atoms with van der Waals surface area (Å²) in [5.41, 5.74) is 5.43. The first-order valence-corrected chi connectivity index (χ1v) is 8.40. The molecule has 0 aliphatic carbocycles. The van der Waals surface area contributed by atoms with Crippen molar-refractivity contribution in [3.63, 3.8) is 0 Å². The number of fused-ring (bicyclic) bond motifs is 1. The van der Waals surface area contributed by atoms with Gasteiger partial charge in [0.2, 0.25) is 0 Å². The molecule has 0 amide bonds. The number of rotatable bonds is 2. The Morgan fingerprint density at radius 1 is 0.727 bits per heavy atom. The zero-order valence-corrected chi connectivity index (χ0v) is 13.6. The fraction of sp³-hybridized carbons (Fsp3) is 0.0526. The van der Waals surface area contributed by atoms with Gasteiger partial charge in [-0.25, -0.2) is 0 Å². The number of anilines is 2. The van der Waals surface area contributed by atoms with Crippen LogP contribution in [0.4, 0.5) is 11.4 Å². The second kappa shape index (κ2) is 5.66. The first kappa shape index (κ1) is 13.7. The van der Waals surface area contributed by atoms with Gasteiger partial charge in [-0.1, -0.05) is 66.7 Å². The van der Waals surface area contributed by atoms with Crippen molar-refractivity contribution < 1.29 is 0 Å². The molecule has 0 spiro atoms. The molecule has 0 N–H and O–H groups in total. The van der Waals surface area contributed by atoms with Crippen molar-refractivity contribution in [2.45, 2.75) is 5.82 Å². The van der Waals surface area contributed by atoms with Gasteiger partial charge in [0, 0.05) is 17.2 Å². The molecule has 3 heteroatoms. The molecule has 1 heterocycles. The van der Waals surface area contributed by atoms with Crippen LogP contribution >= 0.6 is 15.8 Å². The molecule has 3 aromatic rings. The second-order valence-corrected chi connectivity index (χ2v) is 6.46. The van der Waals surface area contributed by atoms with Crippen LogP contribution in [-0.4, -0.2) is 5.67 Å². The quantitative estimate of drug-likeness (QED) is 0.561. The van der Waals surface area contributed by atoms with Crippen molar-refractivity contribution in [1.82, 2.24) is 0 Å². The van der Waals surface area contributed by atoms with Crippen LogP contribution in [0, 0.1) is 0 Å². The highest BCUT2D eigenvalue weighted by molar-refractivity contribution is 9.24. The predicted octanol–water partition coefficient (Wildman–Crippen LogP) is 5.39. The Morgan fingerprint density at radius 3 is 2.05 bits per heavy atom. The van der Waals surface area contributed by atoms with E-state index in [1.54, 1.807) is 0 Å². The molecule has 1 nitrogen and oxygen atoms in total. The molecule has 1 unspecified atom stereocenters. The summed E-state index contributed by atoms with van der Waals surface area (Å²) in [6, 6.07) is 30.0. The lowest BCUT2D eigenvalue weighted by atomic mass is 9.69. The Bertz CT molecular complexity index is 709. The third-order valence-corrected chi connectivity index (χ3v) is 5.18. The van der Waals surface area contributed by atoms with E-state index in [0.717, 1.165) is 0 Å². The lowest BCUT2D eigenvalue weighted by Gasteiger charge is -2.24.